The first-order chi connectivity index (χ1) is 9.66. The molecule has 0 radical (unpaired) electrons. The highest BCUT2D eigenvalue weighted by Gasteiger charge is 2.23. The second-order valence-electron chi connectivity index (χ2n) is 5.51. The average Bonchev–Trinajstić information content (AvgIpc) is 2.57. The Morgan fingerprint density at radius 3 is 3.00 bits per heavy atom. The quantitative estimate of drug-likeness (QED) is 0.784. The van der Waals surface area contributed by atoms with Crippen LogP contribution in [0.15, 0.2) is 24.3 Å². The number of ether oxygens (including phenoxy) is 1. The van der Waals surface area contributed by atoms with Gasteiger partial charge in [-0.25, -0.2) is 0 Å². The van der Waals surface area contributed by atoms with Crippen molar-refractivity contribution in [3.05, 3.63) is 29.8 Å². The van der Waals surface area contributed by atoms with Gasteiger partial charge in [0.1, 0.15) is 6.10 Å². The number of aryl methyl sites for hydroxylation is 1. The van der Waals surface area contributed by atoms with Gasteiger partial charge < -0.3 is 15.4 Å². The van der Waals surface area contributed by atoms with Gasteiger partial charge in [-0.05, 0) is 37.4 Å². The molecule has 0 aromatic heterocycles. The van der Waals surface area contributed by atoms with E-state index in [-0.39, 0.29) is 12.0 Å². The Morgan fingerprint density at radius 2 is 2.20 bits per heavy atom. The lowest BCUT2D eigenvalue weighted by Gasteiger charge is -2.15. The number of hydrogen-bond donors (Lipinski definition) is 2. The van der Waals surface area contributed by atoms with E-state index in [0.717, 1.165) is 31.5 Å². The fourth-order valence-electron chi connectivity index (χ4n) is 2.34. The Morgan fingerprint density at radius 1 is 1.40 bits per heavy atom. The van der Waals surface area contributed by atoms with Gasteiger partial charge in [0, 0.05) is 18.3 Å². The smallest absolute Gasteiger partial charge is 0.253 e. The summed E-state index contributed by atoms with van der Waals surface area (Å²) in [6.07, 6.45) is 2.22. The molecule has 4 heteroatoms. The normalized spacial score (nSPS) is 18.6. The van der Waals surface area contributed by atoms with Gasteiger partial charge in [0.05, 0.1) is 0 Å². The lowest BCUT2D eigenvalue weighted by Crippen LogP contribution is -2.31. The molecule has 0 aliphatic carbocycles. The number of amides is 1. The van der Waals surface area contributed by atoms with Crippen molar-refractivity contribution in [2.45, 2.75) is 45.3 Å². The van der Waals surface area contributed by atoms with Crippen LogP contribution in [0, 0.1) is 0 Å². The molecule has 4 nitrogen and oxygen atoms in total. The monoisotopic (exact) mass is 276 g/mol. The van der Waals surface area contributed by atoms with Crippen LogP contribution in [0.5, 0.6) is 0 Å². The van der Waals surface area contributed by atoms with Gasteiger partial charge in [-0.1, -0.05) is 32.0 Å². The Bertz CT molecular complexity index is 446. The molecular formula is C16H24N2O2. The second-order valence-corrected chi connectivity index (χ2v) is 5.51. The minimum Gasteiger partial charge on any atom is -0.368 e. The molecule has 0 bridgehead atoms. The number of para-hydroxylation sites is 1. The van der Waals surface area contributed by atoms with Gasteiger partial charge in [0.25, 0.3) is 5.91 Å². The molecular weight excluding hydrogens is 252 g/mol. The largest absolute Gasteiger partial charge is 0.368 e. The predicted octanol–water partition coefficient (Wildman–Crippen LogP) is 2.34. The van der Waals surface area contributed by atoms with E-state index in [1.165, 1.54) is 5.56 Å². The Kier molecular flexibility index (Phi) is 5.56. The van der Waals surface area contributed by atoms with Crippen LogP contribution in [0.3, 0.4) is 0 Å². The zero-order valence-electron chi connectivity index (χ0n) is 12.3. The maximum atomic E-state index is 12.1. The molecule has 1 unspecified atom stereocenters. The Balaban J connectivity index is 1.78. The summed E-state index contributed by atoms with van der Waals surface area (Å²) in [5.41, 5.74) is 2.11. The minimum absolute atomic E-state index is 0.0215. The number of anilines is 1. The van der Waals surface area contributed by atoms with E-state index in [2.05, 4.69) is 30.5 Å². The zero-order chi connectivity index (χ0) is 14.4. The molecule has 2 N–H and O–H groups in total. The third kappa shape index (κ3) is 4.32. The first-order valence-electron chi connectivity index (χ1n) is 7.40. The molecule has 1 aliphatic heterocycles. The highest BCUT2D eigenvalue weighted by Crippen LogP contribution is 2.22. The predicted molar refractivity (Wildman–Crippen MR) is 80.9 cm³/mol. The van der Waals surface area contributed by atoms with Crippen molar-refractivity contribution in [1.29, 1.82) is 0 Å². The van der Waals surface area contributed by atoms with Gasteiger partial charge in [0.15, 0.2) is 0 Å². The Hall–Kier alpha value is -1.39. The molecule has 1 aromatic rings. The van der Waals surface area contributed by atoms with Crippen LogP contribution >= 0.6 is 0 Å². The van der Waals surface area contributed by atoms with Crippen LogP contribution in [-0.4, -0.2) is 31.2 Å². The van der Waals surface area contributed by atoms with Crippen molar-refractivity contribution < 1.29 is 9.53 Å². The lowest BCUT2D eigenvalue weighted by atomic mass is 10.1. The second kappa shape index (κ2) is 7.41. The van der Waals surface area contributed by atoms with Crippen molar-refractivity contribution in [3.8, 4) is 0 Å². The number of nitrogens with one attached hydrogen (secondary N) is 2. The van der Waals surface area contributed by atoms with Crippen molar-refractivity contribution in [3.63, 3.8) is 0 Å². The van der Waals surface area contributed by atoms with Crippen molar-refractivity contribution in [1.82, 2.24) is 5.32 Å². The number of fused-ring (bicyclic) bond motifs is 1. The van der Waals surface area contributed by atoms with Crippen LogP contribution in [0.2, 0.25) is 0 Å². The van der Waals surface area contributed by atoms with Crippen LogP contribution in [0.1, 0.15) is 32.3 Å². The standard InChI is InChI=1S/C16H24N2O2/c1-12(2)17-10-5-11-20-15-9-8-13-6-3-4-7-14(13)18-16(15)19/h3-4,6-7,12,15,17H,5,8-11H2,1-2H3,(H,18,19). The molecule has 1 amide bonds. The molecule has 20 heavy (non-hydrogen) atoms. The maximum absolute atomic E-state index is 12.1. The molecule has 2 rings (SSSR count). The molecule has 0 spiro atoms. The van der Waals surface area contributed by atoms with Crippen molar-refractivity contribution >= 4 is 11.6 Å². The van der Waals surface area contributed by atoms with E-state index in [1.54, 1.807) is 0 Å². The average molecular weight is 276 g/mol. The van der Waals surface area contributed by atoms with Gasteiger partial charge in [0.2, 0.25) is 0 Å². The number of benzene rings is 1. The maximum Gasteiger partial charge on any atom is 0.253 e. The molecule has 1 aromatic carbocycles. The third-order valence-corrected chi connectivity index (χ3v) is 3.44. The number of rotatable bonds is 6. The third-order valence-electron chi connectivity index (χ3n) is 3.44. The van der Waals surface area contributed by atoms with Gasteiger partial charge in [-0.15, -0.1) is 0 Å². The molecule has 1 heterocycles. The summed E-state index contributed by atoms with van der Waals surface area (Å²) in [7, 11) is 0. The number of carbonyl (C=O) groups excluding carboxylic acids is 1. The summed E-state index contributed by atoms with van der Waals surface area (Å²) in [5, 5.41) is 6.29. The van der Waals surface area contributed by atoms with E-state index < -0.39 is 0 Å². The molecule has 0 saturated heterocycles. The minimum atomic E-state index is -0.332. The topological polar surface area (TPSA) is 50.4 Å². The summed E-state index contributed by atoms with van der Waals surface area (Å²) in [6, 6.07) is 8.44. The van der Waals surface area contributed by atoms with Crippen LogP contribution in [-0.2, 0) is 16.0 Å². The highest BCUT2D eigenvalue weighted by molar-refractivity contribution is 5.95. The Labute approximate surface area is 120 Å². The summed E-state index contributed by atoms with van der Waals surface area (Å²) >= 11 is 0. The zero-order valence-corrected chi connectivity index (χ0v) is 12.3. The van der Waals surface area contributed by atoms with Gasteiger partial charge in [-0.2, -0.15) is 0 Å². The van der Waals surface area contributed by atoms with Crippen LogP contribution < -0.4 is 10.6 Å². The molecule has 110 valence electrons. The van der Waals surface area contributed by atoms with E-state index >= 15 is 0 Å². The number of hydrogen-bond acceptors (Lipinski definition) is 3. The van der Waals surface area contributed by atoms with Crippen LogP contribution in [0.4, 0.5) is 5.69 Å². The van der Waals surface area contributed by atoms with Crippen molar-refractivity contribution in [2.75, 3.05) is 18.5 Å². The summed E-state index contributed by atoms with van der Waals surface area (Å²) in [6.45, 7) is 5.79. The van der Waals surface area contributed by atoms with Crippen molar-refractivity contribution in [2.24, 2.45) is 0 Å². The highest BCUT2D eigenvalue weighted by atomic mass is 16.5. The summed E-state index contributed by atoms with van der Waals surface area (Å²) in [5.74, 6) is -0.0215. The van der Waals surface area contributed by atoms with E-state index in [1.807, 2.05) is 18.2 Å². The fraction of sp³-hybridized carbons (Fsp3) is 0.562. The summed E-state index contributed by atoms with van der Waals surface area (Å²) < 4.78 is 5.74. The first kappa shape index (κ1) is 15.0. The van der Waals surface area contributed by atoms with Gasteiger partial charge >= 0.3 is 0 Å². The molecule has 1 atom stereocenters. The van der Waals surface area contributed by atoms with E-state index in [4.69, 9.17) is 4.74 Å². The summed E-state index contributed by atoms with van der Waals surface area (Å²) in [4.78, 5) is 12.1. The molecule has 0 saturated carbocycles. The SMILES string of the molecule is CC(C)NCCCOC1CCc2ccccc2NC1=O. The van der Waals surface area contributed by atoms with Gasteiger partial charge in [-0.3, -0.25) is 4.79 Å². The lowest BCUT2D eigenvalue weighted by molar-refractivity contribution is -0.127. The molecule has 0 fully saturated rings. The van der Waals surface area contributed by atoms with Crippen LogP contribution in [0.25, 0.3) is 0 Å². The van der Waals surface area contributed by atoms with E-state index in [9.17, 15) is 4.79 Å². The number of carbonyl (C=O) groups is 1. The fourth-order valence-corrected chi connectivity index (χ4v) is 2.34. The first-order valence-corrected chi connectivity index (χ1v) is 7.40. The molecule has 1 aliphatic rings. The van der Waals surface area contributed by atoms with E-state index in [0.29, 0.717) is 12.6 Å².